The fraction of sp³-hybridized carbons (Fsp3) is 0.333. The maximum Gasteiger partial charge on any atom is 0.227 e. The maximum atomic E-state index is 13.0. The Bertz CT molecular complexity index is 938. The average molecular weight is 391 g/mol. The lowest BCUT2D eigenvalue weighted by molar-refractivity contribution is -0.131. The molecule has 2 heterocycles. The molecule has 1 fully saturated rings. The van der Waals surface area contributed by atoms with Crippen LogP contribution in [0.25, 0.3) is 11.3 Å². The summed E-state index contributed by atoms with van der Waals surface area (Å²) >= 11 is 1.64. The zero-order valence-electron chi connectivity index (χ0n) is 16.5. The van der Waals surface area contributed by atoms with Crippen LogP contribution in [0.2, 0.25) is 0 Å². The van der Waals surface area contributed by atoms with Gasteiger partial charge in [0.15, 0.2) is 0 Å². The van der Waals surface area contributed by atoms with Crippen molar-refractivity contribution in [2.45, 2.75) is 39.0 Å². The lowest BCUT2D eigenvalue weighted by Gasteiger charge is -2.32. The minimum atomic E-state index is 0.225. The minimum absolute atomic E-state index is 0.225. The molecule has 0 N–H and O–H groups in total. The van der Waals surface area contributed by atoms with Gasteiger partial charge in [0.2, 0.25) is 5.91 Å². The molecule has 28 heavy (non-hydrogen) atoms. The Morgan fingerprint density at radius 1 is 1.04 bits per heavy atom. The molecular weight excluding hydrogens is 364 g/mol. The number of carbonyl (C=O) groups excluding carboxylic acids is 1. The molecule has 0 unspecified atom stereocenters. The molecule has 1 aromatic heterocycles. The summed E-state index contributed by atoms with van der Waals surface area (Å²) < 4.78 is 0. The Morgan fingerprint density at radius 3 is 2.39 bits per heavy atom. The van der Waals surface area contributed by atoms with Crippen LogP contribution in [0.4, 0.5) is 0 Å². The van der Waals surface area contributed by atoms with Crippen molar-refractivity contribution in [1.29, 1.82) is 0 Å². The summed E-state index contributed by atoms with van der Waals surface area (Å²) in [5.41, 5.74) is 4.69. The zero-order valence-corrected chi connectivity index (χ0v) is 17.3. The van der Waals surface area contributed by atoms with E-state index in [4.69, 9.17) is 4.98 Å². The van der Waals surface area contributed by atoms with Crippen LogP contribution in [0.3, 0.4) is 0 Å². The van der Waals surface area contributed by atoms with Crippen LogP contribution in [0.1, 0.15) is 39.8 Å². The first-order chi connectivity index (χ1) is 13.6. The van der Waals surface area contributed by atoms with Gasteiger partial charge >= 0.3 is 0 Å². The normalized spacial score (nSPS) is 15.0. The lowest BCUT2D eigenvalue weighted by Crippen LogP contribution is -2.38. The molecule has 2 aromatic carbocycles. The maximum absolute atomic E-state index is 13.0. The summed E-state index contributed by atoms with van der Waals surface area (Å²) in [5.74, 6) is 0.794. The number of carbonyl (C=O) groups is 1. The highest BCUT2D eigenvalue weighted by molar-refractivity contribution is 7.12. The highest BCUT2D eigenvalue weighted by Gasteiger charge is 2.25. The van der Waals surface area contributed by atoms with Gasteiger partial charge in [0.25, 0.3) is 0 Å². The number of hydrogen-bond donors (Lipinski definition) is 0. The molecule has 0 aliphatic carbocycles. The molecule has 3 nitrogen and oxygen atoms in total. The first kappa shape index (κ1) is 18.9. The fourth-order valence-corrected chi connectivity index (χ4v) is 4.91. The average Bonchev–Trinajstić information content (AvgIpc) is 3.09. The summed E-state index contributed by atoms with van der Waals surface area (Å²) in [6.07, 6.45) is 2.54. The van der Waals surface area contributed by atoms with E-state index in [9.17, 15) is 4.79 Å². The van der Waals surface area contributed by atoms with E-state index in [1.807, 2.05) is 11.8 Å². The van der Waals surface area contributed by atoms with Gasteiger partial charge in [0, 0.05) is 23.5 Å². The topological polar surface area (TPSA) is 33.2 Å². The third-order valence-corrected chi connectivity index (χ3v) is 6.53. The number of nitrogens with zero attached hydrogens (tertiary/aromatic N) is 2. The number of hydrogen-bond acceptors (Lipinski definition) is 3. The molecule has 0 spiro atoms. The van der Waals surface area contributed by atoms with Crippen molar-refractivity contribution in [1.82, 2.24) is 9.88 Å². The first-order valence-corrected chi connectivity index (χ1v) is 10.8. The highest BCUT2D eigenvalue weighted by atomic mass is 32.1. The summed E-state index contributed by atoms with van der Waals surface area (Å²) in [5, 5.41) is 1.01. The number of thiazole rings is 1. The van der Waals surface area contributed by atoms with Gasteiger partial charge in [-0.1, -0.05) is 60.2 Å². The molecular formula is C24H26N2OS. The fourth-order valence-electron chi connectivity index (χ4n) is 3.96. The Balaban J connectivity index is 1.43. The van der Waals surface area contributed by atoms with E-state index >= 15 is 0 Å². The molecule has 1 aliphatic heterocycles. The Morgan fingerprint density at radius 2 is 1.71 bits per heavy atom. The van der Waals surface area contributed by atoms with Crippen LogP contribution in [-0.2, 0) is 11.2 Å². The van der Waals surface area contributed by atoms with Gasteiger partial charge in [-0.05, 0) is 38.2 Å². The number of amides is 1. The molecule has 4 heteroatoms. The molecule has 0 radical (unpaired) electrons. The third kappa shape index (κ3) is 4.17. The van der Waals surface area contributed by atoms with Gasteiger partial charge < -0.3 is 4.90 Å². The monoisotopic (exact) mass is 390 g/mol. The summed E-state index contributed by atoms with van der Waals surface area (Å²) in [4.78, 5) is 20.8. The van der Waals surface area contributed by atoms with Crippen molar-refractivity contribution in [2.75, 3.05) is 13.1 Å². The number of benzene rings is 2. The van der Waals surface area contributed by atoms with E-state index in [0.717, 1.165) is 47.1 Å². The van der Waals surface area contributed by atoms with Crippen molar-refractivity contribution in [3.8, 4) is 11.3 Å². The molecule has 0 bridgehead atoms. The predicted molar refractivity (Wildman–Crippen MR) is 116 cm³/mol. The van der Waals surface area contributed by atoms with Crippen molar-refractivity contribution in [2.24, 2.45) is 0 Å². The molecule has 3 aromatic rings. The van der Waals surface area contributed by atoms with E-state index in [1.165, 1.54) is 11.1 Å². The Kier molecular flexibility index (Phi) is 5.58. The number of aryl methyl sites for hydroxylation is 2. The molecule has 1 saturated heterocycles. The SMILES string of the molecule is Cc1ccc(-c2nc(C)sc2CC(=O)N2CCC(c3ccccc3)CC2)cc1. The molecule has 1 amide bonds. The van der Waals surface area contributed by atoms with Crippen LogP contribution in [0.5, 0.6) is 0 Å². The van der Waals surface area contributed by atoms with Crippen molar-refractivity contribution in [3.05, 3.63) is 75.6 Å². The third-order valence-electron chi connectivity index (χ3n) is 5.56. The number of piperidine rings is 1. The van der Waals surface area contributed by atoms with E-state index in [-0.39, 0.29) is 5.91 Å². The van der Waals surface area contributed by atoms with E-state index < -0.39 is 0 Å². The van der Waals surface area contributed by atoms with Gasteiger partial charge in [0.05, 0.1) is 17.1 Å². The first-order valence-electron chi connectivity index (χ1n) is 9.96. The summed E-state index contributed by atoms with van der Waals surface area (Å²) in [6.45, 7) is 5.79. The molecule has 144 valence electrons. The highest BCUT2D eigenvalue weighted by Crippen LogP contribution is 2.31. The molecule has 0 atom stereocenters. The van der Waals surface area contributed by atoms with Crippen LogP contribution < -0.4 is 0 Å². The molecule has 0 saturated carbocycles. The van der Waals surface area contributed by atoms with Crippen molar-refractivity contribution >= 4 is 17.2 Å². The van der Waals surface area contributed by atoms with E-state index in [1.54, 1.807) is 11.3 Å². The Hall–Kier alpha value is -2.46. The van der Waals surface area contributed by atoms with Gasteiger partial charge in [-0.2, -0.15) is 0 Å². The van der Waals surface area contributed by atoms with Gasteiger partial charge in [0.1, 0.15) is 0 Å². The second kappa shape index (κ2) is 8.27. The zero-order chi connectivity index (χ0) is 19.5. The second-order valence-electron chi connectivity index (χ2n) is 7.61. The number of likely N-dealkylation sites (tertiary alicyclic amines) is 1. The van der Waals surface area contributed by atoms with Crippen molar-refractivity contribution < 1.29 is 4.79 Å². The van der Waals surface area contributed by atoms with Gasteiger partial charge in [-0.15, -0.1) is 11.3 Å². The van der Waals surface area contributed by atoms with Gasteiger partial charge in [-0.3, -0.25) is 4.79 Å². The quantitative estimate of drug-likeness (QED) is 0.599. The van der Waals surface area contributed by atoms with Crippen LogP contribution >= 0.6 is 11.3 Å². The molecule has 1 aliphatic rings. The van der Waals surface area contributed by atoms with E-state index in [2.05, 4.69) is 61.5 Å². The Labute approximate surface area is 171 Å². The largest absolute Gasteiger partial charge is 0.342 e. The van der Waals surface area contributed by atoms with Crippen molar-refractivity contribution in [3.63, 3.8) is 0 Å². The summed E-state index contributed by atoms with van der Waals surface area (Å²) in [6, 6.07) is 19.1. The number of aromatic nitrogens is 1. The minimum Gasteiger partial charge on any atom is -0.342 e. The second-order valence-corrected chi connectivity index (χ2v) is 8.90. The summed E-state index contributed by atoms with van der Waals surface area (Å²) in [7, 11) is 0. The lowest BCUT2D eigenvalue weighted by atomic mass is 9.89. The van der Waals surface area contributed by atoms with Crippen LogP contribution in [-0.4, -0.2) is 28.9 Å². The van der Waals surface area contributed by atoms with Gasteiger partial charge in [-0.25, -0.2) is 4.98 Å². The predicted octanol–water partition coefficient (Wildman–Crippen LogP) is 5.38. The number of rotatable bonds is 4. The standard InChI is InChI=1S/C24H26N2OS/c1-17-8-10-21(11-9-17)24-22(28-18(2)25-24)16-23(27)26-14-12-20(13-15-26)19-6-4-3-5-7-19/h3-11,20H,12-16H2,1-2H3. The van der Waals surface area contributed by atoms with Crippen LogP contribution in [0.15, 0.2) is 54.6 Å². The van der Waals surface area contributed by atoms with Crippen LogP contribution in [0, 0.1) is 13.8 Å². The molecule has 4 rings (SSSR count). The van der Waals surface area contributed by atoms with E-state index in [0.29, 0.717) is 12.3 Å². The smallest absolute Gasteiger partial charge is 0.227 e.